The molecule has 1 heterocycles. The molecular formula is C18H36N6O6. The first-order chi connectivity index (χ1) is 13.8. The minimum atomic E-state index is -1.02. The summed E-state index contributed by atoms with van der Waals surface area (Å²) in [6, 6.07) is 0. The predicted octanol–water partition coefficient (Wildman–Crippen LogP) is -4.06. The van der Waals surface area contributed by atoms with E-state index in [2.05, 4.69) is 0 Å². The third-order valence-corrected chi connectivity index (χ3v) is 4.29. The van der Waals surface area contributed by atoms with Crippen LogP contribution in [0.4, 0.5) is 0 Å². The van der Waals surface area contributed by atoms with Gasteiger partial charge in [0.2, 0.25) is 0 Å². The first-order valence-electron chi connectivity index (χ1n) is 9.76. The molecule has 3 atom stereocenters. The van der Waals surface area contributed by atoms with Crippen molar-refractivity contribution in [2.45, 2.75) is 37.9 Å². The van der Waals surface area contributed by atoms with Crippen LogP contribution in [-0.4, -0.2) is 124 Å². The highest BCUT2D eigenvalue weighted by molar-refractivity contribution is 4.83. The Balaban J connectivity index is 3.46. The largest absolute Gasteiger partial charge is 0.390 e. The zero-order chi connectivity index (χ0) is 23.2. The van der Waals surface area contributed by atoms with Gasteiger partial charge in [-0.3, -0.25) is 0 Å². The van der Waals surface area contributed by atoms with E-state index in [1.165, 1.54) is 0 Å². The van der Waals surface area contributed by atoms with Gasteiger partial charge in [-0.05, 0) is 42.3 Å². The van der Waals surface area contributed by atoms with Crippen molar-refractivity contribution < 1.29 is 15.3 Å². The van der Waals surface area contributed by atoms with Crippen molar-refractivity contribution in [3.8, 4) is 0 Å². The molecule has 30 heavy (non-hydrogen) atoms. The Hall–Kier alpha value is -1.83. The molecule has 0 fully saturated rings. The molecule has 0 saturated carbocycles. The topological polar surface area (TPSA) is 136 Å². The van der Waals surface area contributed by atoms with Crippen LogP contribution in [0.1, 0.15) is 0 Å². The SMILES string of the molecule is CN(C)C[C@@H](O)Cn1c(=O)n(C[C@H](O)CN(C)C)c(=O)n(C[C@@H](O)CN(C)C)c1=O. The Morgan fingerprint density at radius 2 is 0.767 bits per heavy atom. The maximum atomic E-state index is 12.9. The average molecular weight is 433 g/mol. The van der Waals surface area contributed by atoms with Crippen molar-refractivity contribution in [2.75, 3.05) is 61.9 Å². The van der Waals surface area contributed by atoms with E-state index in [4.69, 9.17) is 0 Å². The number of aromatic nitrogens is 3. The van der Waals surface area contributed by atoms with Crippen LogP contribution >= 0.6 is 0 Å². The molecule has 3 N–H and O–H groups in total. The van der Waals surface area contributed by atoms with Gasteiger partial charge in [-0.1, -0.05) is 0 Å². The van der Waals surface area contributed by atoms with Crippen LogP contribution in [-0.2, 0) is 19.6 Å². The van der Waals surface area contributed by atoms with Gasteiger partial charge in [0.05, 0.1) is 37.9 Å². The highest BCUT2D eigenvalue weighted by Gasteiger charge is 2.21. The molecule has 0 aliphatic heterocycles. The third kappa shape index (κ3) is 7.78. The van der Waals surface area contributed by atoms with Gasteiger partial charge in [-0.25, -0.2) is 28.1 Å². The molecule has 0 unspecified atom stereocenters. The summed E-state index contributed by atoms with van der Waals surface area (Å²) in [7, 11) is 10.4. The van der Waals surface area contributed by atoms with E-state index in [0.29, 0.717) is 0 Å². The van der Waals surface area contributed by atoms with E-state index >= 15 is 0 Å². The standard InChI is InChI=1S/C18H36N6O6/c1-19(2)7-13(25)10-22-16(28)23(11-14(26)8-20(3)4)18(30)24(17(22)29)12-15(27)9-21(5)6/h13-15,25-27H,7-12H2,1-6H3/t13-,14-,15+/m1/s1. The lowest BCUT2D eigenvalue weighted by Crippen LogP contribution is -2.58. The van der Waals surface area contributed by atoms with Crippen LogP contribution < -0.4 is 17.1 Å². The fraction of sp³-hybridized carbons (Fsp3) is 0.833. The molecular weight excluding hydrogens is 396 g/mol. The molecule has 0 spiro atoms. The number of nitrogens with zero attached hydrogens (tertiary/aromatic N) is 6. The Labute approximate surface area is 175 Å². The summed E-state index contributed by atoms with van der Waals surface area (Å²) in [6.45, 7) is -0.330. The number of rotatable bonds is 12. The summed E-state index contributed by atoms with van der Waals surface area (Å²) in [5, 5.41) is 30.7. The Morgan fingerprint density at radius 1 is 0.567 bits per heavy atom. The number of aliphatic hydroxyl groups is 3. The molecule has 1 aromatic rings. The molecule has 0 aromatic carbocycles. The lowest BCUT2D eigenvalue weighted by atomic mass is 10.3. The lowest BCUT2D eigenvalue weighted by molar-refractivity contribution is 0.0989. The lowest BCUT2D eigenvalue weighted by Gasteiger charge is -2.22. The predicted molar refractivity (Wildman–Crippen MR) is 113 cm³/mol. The zero-order valence-corrected chi connectivity index (χ0v) is 18.7. The number of hydrogen-bond donors (Lipinski definition) is 3. The van der Waals surface area contributed by atoms with Gasteiger partial charge >= 0.3 is 17.1 Å². The summed E-state index contributed by atoms with van der Waals surface area (Å²) < 4.78 is 2.33. The van der Waals surface area contributed by atoms with E-state index < -0.39 is 35.4 Å². The zero-order valence-electron chi connectivity index (χ0n) is 18.7. The van der Waals surface area contributed by atoms with E-state index in [1.54, 1.807) is 57.0 Å². The number of aliphatic hydroxyl groups excluding tert-OH is 3. The van der Waals surface area contributed by atoms with Crippen molar-refractivity contribution in [2.24, 2.45) is 0 Å². The second kappa shape index (κ2) is 11.5. The Kier molecular flexibility index (Phi) is 10.1. The summed E-state index contributed by atoms with van der Waals surface area (Å²) in [6.07, 6.45) is -3.07. The average Bonchev–Trinajstić information content (AvgIpc) is 2.57. The first-order valence-corrected chi connectivity index (χ1v) is 9.76. The van der Waals surface area contributed by atoms with Gasteiger partial charge in [-0.15, -0.1) is 0 Å². The Morgan fingerprint density at radius 3 is 0.933 bits per heavy atom. The first kappa shape index (κ1) is 26.2. The molecule has 0 amide bonds. The summed E-state index contributed by atoms with van der Waals surface area (Å²) in [4.78, 5) is 43.7. The fourth-order valence-corrected chi connectivity index (χ4v) is 3.22. The molecule has 0 radical (unpaired) electrons. The molecule has 0 bridgehead atoms. The monoisotopic (exact) mass is 432 g/mol. The van der Waals surface area contributed by atoms with Crippen LogP contribution in [0.2, 0.25) is 0 Å². The second-order valence-corrected chi connectivity index (χ2v) is 8.43. The normalized spacial score (nSPS) is 15.2. The fourth-order valence-electron chi connectivity index (χ4n) is 3.22. The van der Waals surface area contributed by atoms with Crippen LogP contribution in [0.5, 0.6) is 0 Å². The maximum absolute atomic E-state index is 12.9. The van der Waals surface area contributed by atoms with Crippen molar-refractivity contribution >= 4 is 0 Å². The number of likely N-dealkylation sites (N-methyl/N-ethyl adjacent to an activating group) is 3. The Bertz CT molecular complexity index is 703. The van der Waals surface area contributed by atoms with Gasteiger partial charge in [0.25, 0.3) is 0 Å². The van der Waals surface area contributed by atoms with Crippen LogP contribution in [0, 0.1) is 0 Å². The summed E-state index contributed by atoms with van der Waals surface area (Å²) >= 11 is 0. The van der Waals surface area contributed by atoms with E-state index in [-0.39, 0.29) is 39.3 Å². The molecule has 0 aliphatic rings. The second-order valence-electron chi connectivity index (χ2n) is 8.43. The highest BCUT2D eigenvalue weighted by Crippen LogP contribution is 1.93. The van der Waals surface area contributed by atoms with Crippen molar-refractivity contribution in [3.63, 3.8) is 0 Å². The molecule has 1 rings (SSSR count). The van der Waals surface area contributed by atoms with E-state index in [9.17, 15) is 29.7 Å². The van der Waals surface area contributed by atoms with Gasteiger partial charge in [0.1, 0.15) is 0 Å². The number of hydrogen-bond acceptors (Lipinski definition) is 9. The van der Waals surface area contributed by atoms with Crippen LogP contribution in [0.3, 0.4) is 0 Å². The summed E-state index contributed by atoms with van der Waals surface area (Å²) in [5.74, 6) is 0. The van der Waals surface area contributed by atoms with Crippen LogP contribution in [0.25, 0.3) is 0 Å². The van der Waals surface area contributed by atoms with Gasteiger partial charge in [0.15, 0.2) is 0 Å². The van der Waals surface area contributed by atoms with Gasteiger partial charge in [0, 0.05) is 19.6 Å². The quantitative estimate of drug-likeness (QED) is 0.301. The van der Waals surface area contributed by atoms with Crippen molar-refractivity contribution in [1.82, 2.24) is 28.4 Å². The molecule has 0 aliphatic carbocycles. The smallest absolute Gasteiger partial charge is 0.336 e. The van der Waals surface area contributed by atoms with Crippen LogP contribution in [0.15, 0.2) is 14.4 Å². The minimum Gasteiger partial charge on any atom is -0.390 e. The maximum Gasteiger partial charge on any atom is 0.336 e. The van der Waals surface area contributed by atoms with Gasteiger partial charge < -0.3 is 30.0 Å². The summed E-state index contributed by atoms with van der Waals surface area (Å²) in [5.41, 5.74) is -2.71. The third-order valence-electron chi connectivity index (χ3n) is 4.29. The van der Waals surface area contributed by atoms with Gasteiger partial charge in [-0.2, -0.15) is 0 Å². The van der Waals surface area contributed by atoms with Crippen molar-refractivity contribution in [3.05, 3.63) is 31.5 Å². The van der Waals surface area contributed by atoms with E-state index in [0.717, 1.165) is 13.7 Å². The van der Waals surface area contributed by atoms with E-state index in [1.807, 2.05) is 0 Å². The molecule has 12 heteroatoms. The minimum absolute atomic E-state index is 0.206. The highest BCUT2D eigenvalue weighted by atomic mass is 16.3. The van der Waals surface area contributed by atoms with Crippen molar-refractivity contribution in [1.29, 1.82) is 0 Å². The molecule has 174 valence electrons. The molecule has 12 nitrogen and oxygen atoms in total. The molecule has 0 saturated heterocycles. The molecule has 1 aromatic heterocycles.